The van der Waals surface area contributed by atoms with Crippen LogP contribution in [-0.4, -0.2) is 37.2 Å². The molecular weight excluding hydrogens is 277 g/mol. The maximum absolute atomic E-state index is 12.2. The minimum Gasteiger partial charge on any atom is -0.547 e. The van der Waals surface area contributed by atoms with Crippen LogP contribution in [0.2, 0.25) is 0 Å². The van der Waals surface area contributed by atoms with Gasteiger partial charge >= 0.3 is 13.7 Å². The molecular formula is C10H19NO7P-. The Balaban J connectivity index is 5.30. The van der Waals surface area contributed by atoms with Gasteiger partial charge in [0.15, 0.2) is 5.28 Å². The van der Waals surface area contributed by atoms with Crippen LogP contribution in [-0.2, 0) is 23.1 Å². The second-order valence-electron chi connectivity index (χ2n) is 4.85. The molecule has 0 rings (SSSR count). The Morgan fingerprint density at radius 1 is 1.11 bits per heavy atom. The van der Waals surface area contributed by atoms with Gasteiger partial charge in [0.1, 0.15) is 5.60 Å². The molecule has 0 aromatic heterocycles. The van der Waals surface area contributed by atoms with Crippen molar-refractivity contribution in [3.63, 3.8) is 0 Å². The van der Waals surface area contributed by atoms with E-state index in [0.717, 1.165) is 21.1 Å². The first-order valence-electron chi connectivity index (χ1n) is 5.36. The number of carbonyl (C=O) groups is 2. The van der Waals surface area contributed by atoms with Crippen molar-refractivity contribution in [1.82, 2.24) is 5.32 Å². The number of nitrogens with one attached hydrogen (secondary N) is 1. The van der Waals surface area contributed by atoms with E-state index >= 15 is 0 Å². The molecule has 9 heteroatoms. The van der Waals surface area contributed by atoms with Crippen molar-refractivity contribution < 1.29 is 33.0 Å². The van der Waals surface area contributed by atoms with E-state index in [-0.39, 0.29) is 0 Å². The monoisotopic (exact) mass is 296 g/mol. The zero-order chi connectivity index (χ0) is 15.5. The summed E-state index contributed by atoms with van der Waals surface area (Å²) in [5.41, 5.74) is -0.846. The van der Waals surface area contributed by atoms with Crippen LogP contribution < -0.4 is 10.4 Å². The van der Waals surface area contributed by atoms with Crippen LogP contribution in [0.4, 0.5) is 4.79 Å². The van der Waals surface area contributed by atoms with Gasteiger partial charge in [-0.3, -0.25) is 9.88 Å². The van der Waals surface area contributed by atoms with Crippen molar-refractivity contribution in [3.8, 4) is 0 Å². The Kier molecular flexibility index (Phi) is 5.55. The Hall–Kier alpha value is -1.11. The second-order valence-corrected chi connectivity index (χ2v) is 7.47. The van der Waals surface area contributed by atoms with E-state index in [1.165, 1.54) is 0 Å². The van der Waals surface area contributed by atoms with Crippen molar-refractivity contribution in [2.45, 2.75) is 38.6 Å². The Morgan fingerprint density at radius 2 is 1.53 bits per heavy atom. The molecule has 0 fully saturated rings. The lowest BCUT2D eigenvalue weighted by Crippen LogP contribution is -2.58. The van der Waals surface area contributed by atoms with Gasteiger partial charge in [-0.15, -0.1) is 0 Å². The molecule has 0 aliphatic heterocycles. The lowest BCUT2D eigenvalue weighted by molar-refractivity contribution is -0.310. The molecule has 0 saturated heterocycles. The number of hydrogen-bond donors (Lipinski definition) is 1. The molecule has 0 aromatic carbocycles. The molecule has 0 saturated carbocycles. The van der Waals surface area contributed by atoms with Crippen molar-refractivity contribution in [3.05, 3.63) is 0 Å². The summed E-state index contributed by atoms with van der Waals surface area (Å²) in [7, 11) is -2.15. The maximum atomic E-state index is 12.2. The Bertz CT molecular complexity index is 395. The molecule has 1 unspecified atom stereocenters. The molecule has 0 bridgehead atoms. The lowest BCUT2D eigenvalue weighted by Gasteiger charge is -2.36. The van der Waals surface area contributed by atoms with Gasteiger partial charge in [0.25, 0.3) is 0 Å². The summed E-state index contributed by atoms with van der Waals surface area (Å²) < 4.78 is 26.2. The molecule has 8 nitrogen and oxygen atoms in total. The quantitative estimate of drug-likeness (QED) is 0.733. The van der Waals surface area contributed by atoms with E-state index in [1.54, 1.807) is 20.8 Å². The smallest absolute Gasteiger partial charge is 0.408 e. The van der Waals surface area contributed by atoms with E-state index < -0.39 is 30.5 Å². The summed E-state index contributed by atoms with van der Waals surface area (Å²) in [5.74, 6) is -1.81. The number of carbonyl (C=O) groups excluding carboxylic acids is 2. The third kappa shape index (κ3) is 4.19. The van der Waals surface area contributed by atoms with Crippen LogP contribution in [0.5, 0.6) is 0 Å². The highest BCUT2D eigenvalue weighted by Crippen LogP contribution is 2.57. The minimum atomic E-state index is -4.15. The fourth-order valence-corrected chi connectivity index (χ4v) is 2.50. The predicted molar refractivity (Wildman–Crippen MR) is 64.4 cm³/mol. The first kappa shape index (κ1) is 17.9. The summed E-state index contributed by atoms with van der Waals surface area (Å²) >= 11 is 0. The fraction of sp³-hybridized carbons (Fsp3) is 0.800. The summed E-state index contributed by atoms with van der Waals surface area (Å²) in [4.78, 5) is 22.8. The lowest BCUT2D eigenvalue weighted by atomic mass is 10.2. The van der Waals surface area contributed by atoms with Crippen LogP contribution in [0.1, 0.15) is 27.7 Å². The number of rotatable bonds is 5. The number of amides is 1. The van der Waals surface area contributed by atoms with Gasteiger partial charge in [0.05, 0.1) is 5.97 Å². The summed E-state index contributed by atoms with van der Waals surface area (Å²) in [5, 5.41) is 10.8. The van der Waals surface area contributed by atoms with Gasteiger partial charge in [0, 0.05) is 14.2 Å². The molecule has 1 amide bonds. The van der Waals surface area contributed by atoms with E-state index in [4.69, 9.17) is 4.74 Å². The number of carboxylic acid groups (broad SMARTS) is 1. The van der Waals surface area contributed by atoms with E-state index in [9.17, 15) is 19.3 Å². The van der Waals surface area contributed by atoms with Gasteiger partial charge in [0.2, 0.25) is 0 Å². The average molecular weight is 296 g/mol. The van der Waals surface area contributed by atoms with Crippen LogP contribution in [0.3, 0.4) is 0 Å². The molecule has 1 atom stereocenters. The van der Waals surface area contributed by atoms with Gasteiger partial charge < -0.3 is 23.7 Å². The van der Waals surface area contributed by atoms with Crippen molar-refractivity contribution in [2.24, 2.45) is 0 Å². The first-order valence-corrected chi connectivity index (χ1v) is 6.90. The molecule has 0 spiro atoms. The van der Waals surface area contributed by atoms with Gasteiger partial charge in [-0.25, -0.2) is 4.79 Å². The van der Waals surface area contributed by atoms with E-state index in [0.29, 0.717) is 0 Å². The van der Waals surface area contributed by atoms with Gasteiger partial charge in [-0.1, -0.05) is 0 Å². The topological polar surface area (TPSA) is 114 Å². The van der Waals surface area contributed by atoms with Crippen molar-refractivity contribution in [1.29, 1.82) is 0 Å². The largest absolute Gasteiger partial charge is 0.547 e. The first-order chi connectivity index (χ1) is 8.42. The normalized spacial score (nSPS) is 15.5. The minimum absolute atomic E-state index is 0.846. The average Bonchev–Trinajstić information content (AvgIpc) is 2.24. The van der Waals surface area contributed by atoms with E-state index in [1.807, 2.05) is 5.32 Å². The third-order valence-electron chi connectivity index (χ3n) is 2.17. The Labute approximate surface area is 111 Å². The highest BCUT2D eigenvalue weighted by molar-refractivity contribution is 7.56. The summed E-state index contributed by atoms with van der Waals surface area (Å²) in [6.07, 6.45) is -1.08. The standard InChI is InChI=1S/C10H20NO7P/c1-9(2,3)18-8(14)11-10(4,7(12)13)19(15,16-5)17-6/h1-6H3,(H,11,14)(H,12,13)/p-1. The van der Waals surface area contributed by atoms with Gasteiger partial charge in [-0.05, 0) is 27.7 Å². The van der Waals surface area contributed by atoms with Crippen LogP contribution >= 0.6 is 7.60 Å². The SMILES string of the molecule is COP(=O)(OC)C(C)(NC(=O)OC(C)(C)C)C(=O)[O-]. The zero-order valence-corrected chi connectivity index (χ0v) is 12.7. The number of carboxylic acids is 1. The van der Waals surface area contributed by atoms with Gasteiger partial charge in [-0.2, -0.15) is 0 Å². The Morgan fingerprint density at radius 3 is 1.79 bits per heavy atom. The van der Waals surface area contributed by atoms with Crippen LogP contribution in [0.15, 0.2) is 0 Å². The summed E-state index contributed by atoms with van der Waals surface area (Å²) in [6, 6.07) is 0. The highest BCUT2D eigenvalue weighted by atomic mass is 31.2. The number of hydrogen-bond acceptors (Lipinski definition) is 7. The zero-order valence-electron chi connectivity index (χ0n) is 11.8. The molecule has 19 heavy (non-hydrogen) atoms. The summed E-state index contributed by atoms with van der Waals surface area (Å²) in [6.45, 7) is 5.74. The molecule has 0 heterocycles. The number of ether oxygens (including phenoxy) is 1. The third-order valence-corrected chi connectivity index (χ3v) is 4.52. The molecule has 0 aliphatic rings. The predicted octanol–water partition coefficient (Wildman–Crippen LogP) is 0.463. The van der Waals surface area contributed by atoms with Crippen molar-refractivity contribution >= 4 is 19.7 Å². The molecule has 0 aromatic rings. The fourth-order valence-electron chi connectivity index (χ4n) is 1.17. The number of aliphatic carboxylic acids is 1. The van der Waals surface area contributed by atoms with Crippen LogP contribution in [0, 0.1) is 0 Å². The second kappa shape index (κ2) is 5.90. The highest BCUT2D eigenvalue weighted by Gasteiger charge is 2.49. The van der Waals surface area contributed by atoms with Crippen molar-refractivity contribution in [2.75, 3.05) is 14.2 Å². The molecule has 112 valence electrons. The van der Waals surface area contributed by atoms with E-state index in [2.05, 4.69) is 9.05 Å². The molecule has 0 aliphatic carbocycles. The maximum Gasteiger partial charge on any atom is 0.408 e. The van der Waals surface area contributed by atoms with Crippen LogP contribution in [0.25, 0.3) is 0 Å². The molecule has 1 N–H and O–H groups in total. The molecule has 0 radical (unpaired) electrons. The number of alkyl carbamates (subject to hydrolysis) is 1.